The smallest absolute Gasteiger partial charge is 0.266 e. The van der Waals surface area contributed by atoms with Crippen LogP contribution >= 0.6 is 0 Å². The molecule has 0 bridgehead atoms. The number of ether oxygens (including phenoxy) is 3. The van der Waals surface area contributed by atoms with Crippen molar-refractivity contribution >= 4 is 17.7 Å². The second-order valence-electron chi connectivity index (χ2n) is 6.67. The average Bonchev–Trinajstić information content (AvgIpc) is 2.78. The van der Waals surface area contributed by atoms with Gasteiger partial charge >= 0.3 is 0 Å². The molecule has 1 N–H and O–H groups in total. The zero-order valence-corrected chi connectivity index (χ0v) is 17.7. The second-order valence-corrected chi connectivity index (χ2v) is 6.67. The lowest BCUT2D eigenvalue weighted by Crippen LogP contribution is -2.13. The van der Waals surface area contributed by atoms with E-state index in [2.05, 4.69) is 12.2 Å². The standard InChI is InChI=1S/C24H28N2O4/c1-4-5-6-7-14-30-22-13-8-18(16-23(22)29-3)15-19(17-25)24(27)26-20-9-11-21(28-2)12-10-20/h8-13,15-16H,4-7,14H2,1-3H3,(H,26,27)/b19-15+. The lowest BCUT2D eigenvalue weighted by molar-refractivity contribution is -0.112. The first-order valence-electron chi connectivity index (χ1n) is 9.99. The Balaban J connectivity index is 2.08. The minimum absolute atomic E-state index is 0.0129. The number of nitrogens with one attached hydrogen (secondary N) is 1. The van der Waals surface area contributed by atoms with Gasteiger partial charge in [-0.05, 0) is 54.5 Å². The van der Waals surface area contributed by atoms with E-state index in [1.807, 2.05) is 6.07 Å². The van der Waals surface area contributed by atoms with Gasteiger partial charge in [-0.25, -0.2) is 0 Å². The summed E-state index contributed by atoms with van der Waals surface area (Å²) in [6.07, 6.45) is 6.01. The van der Waals surface area contributed by atoms with E-state index in [0.717, 1.165) is 12.8 Å². The van der Waals surface area contributed by atoms with Gasteiger partial charge < -0.3 is 19.5 Å². The van der Waals surface area contributed by atoms with Crippen molar-refractivity contribution in [3.63, 3.8) is 0 Å². The molecule has 0 aromatic heterocycles. The maximum atomic E-state index is 12.5. The highest BCUT2D eigenvalue weighted by atomic mass is 16.5. The maximum Gasteiger partial charge on any atom is 0.266 e. The molecule has 0 radical (unpaired) electrons. The molecule has 0 atom stereocenters. The molecule has 0 unspecified atom stereocenters. The molecule has 0 spiro atoms. The van der Waals surface area contributed by atoms with Crippen LogP contribution in [0.25, 0.3) is 6.08 Å². The van der Waals surface area contributed by atoms with E-state index in [0.29, 0.717) is 35.1 Å². The molecule has 0 aliphatic rings. The molecule has 30 heavy (non-hydrogen) atoms. The summed E-state index contributed by atoms with van der Waals surface area (Å²) < 4.78 is 16.3. The van der Waals surface area contributed by atoms with E-state index < -0.39 is 5.91 Å². The van der Waals surface area contributed by atoms with Crippen molar-refractivity contribution in [2.75, 3.05) is 26.1 Å². The number of carbonyl (C=O) groups is 1. The van der Waals surface area contributed by atoms with E-state index in [1.165, 1.54) is 18.9 Å². The Morgan fingerprint density at radius 2 is 1.80 bits per heavy atom. The van der Waals surface area contributed by atoms with E-state index in [-0.39, 0.29) is 5.57 Å². The average molecular weight is 408 g/mol. The van der Waals surface area contributed by atoms with E-state index in [9.17, 15) is 10.1 Å². The number of unbranched alkanes of at least 4 members (excludes halogenated alkanes) is 3. The second kappa shape index (κ2) is 12.2. The summed E-state index contributed by atoms with van der Waals surface area (Å²) in [6.45, 7) is 2.79. The summed E-state index contributed by atoms with van der Waals surface area (Å²) in [4.78, 5) is 12.5. The Hall–Kier alpha value is -3.46. The van der Waals surface area contributed by atoms with Crippen LogP contribution in [0.1, 0.15) is 38.2 Å². The van der Waals surface area contributed by atoms with Crippen molar-refractivity contribution in [1.82, 2.24) is 0 Å². The predicted molar refractivity (Wildman–Crippen MR) is 118 cm³/mol. The van der Waals surface area contributed by atoms with Gasteiger partial charge in [0.15, 0.2) is 11.5 Å². The van der Waals surface area contributed by atoms with Crippen molar-refractivity contribution in [2.24, 2.45) is 0 Å². The van der Waals surface area contributed by atoms with Crippen molar-refractivity contribution in [3.8, 4) is 23.3 Å². The molecule has 0 saturated heterocycles. The number of hydrogen-bond acceptors (Lipinski definition) is 5. The molecular weight excluding hydrogens is 380 g/mol. The molecule has 0 heterocycles. The number of carbonyl (C=O) groups excluding carboxylic acids is 1. The van der Waals surface area contributed by atoms with Crippen LogP contribution in [0.3, 0.4) is 0 Å². The van der Waals surface area contributed by atoms with Crippen LogP contribution < -0.4 is 19.5 Å². The fourth-order valence-electron chi connectivity index (χ4n) is 2.79. The first-order chi connectivity index (χ1) is 14.6. The van der Waals surface area contributed by atoms with Crippen molar-refractivity contribution in [3.05, 3.63) is 53.6 Å². The molecule has 2 aromatic rings. The van der Waals surface area contributed by atoms with Crippen LogP contribution in [0.4, 0.5) is 5.69 Å². The highest BCUT2D eigenvalue weighted by molar-refractivity contribution is 6.09. The summed E-state index contributed by atoms with van der Waals surface area (Å²) >= 11 is 0. The van der Waals surface area contributed by atoms with Gasteiger partial charge in [0, 0.05) is 5.69 Å². The van der Waals surface area contributed by atoms with Gasteiger partial charge in [0.1, 0.15) is 17.4 Å². The van der Waals surface area contributed by atoms with E-state index in [1.54, 1.807) is 56.7 Å². The summed E-state index contributed by atoms with van der Waals surface area (Å²) in [5.41, 5.74) is 1.24. The summed E-state index contributed by atoms with van der Waals surface area (Å²) in [5, 5.41) is 12.1. The minimum Gasteiger partial charge on any atom is -0.497 e. The van der Waals surface area contributed by atoms with E-state index >= 15 is 0 Å². The number of benzene rings is 2. The summed E-state index contributed by atoms with van der Waals surface area (Å²) in [5.74, 6) is 1.40. The van der Waals surface area contributed by atoms with Crippen LogP contribution in [-0.4, -0.2) is 26.7 Å². The molecule has 0 aliphatic carbocycles. The van der Waals surface area contributed by atoms with Crippen molar-refractivity contribution in [2.45, 2.75) is 32.6 Å². The molecule has 1 amide bonds. The van der Waals surface area contributed by atoms with Crippen LogP contribution in [0.15, 0.2) is 48.0 Å². The van der Waals surface area contributed by atoms with Gasteiger partial charge in [0.25, 0.3) is 5.91 Å². The molecule has 2 aromatic carbocycles. The lowest BCUT2D eigenvalue weighted by Gasteiger charge is -2.11. The van der Waals surface area contributed by atoms with E-state index in [4.69, 9.17) is 14.2 Å². The first-order valence-corrected chi connectivity index (χ1v) is 9.99. The third kappa shape index (κ3) is 6.85. The Labute approximate surface area is 178 Å². The topological polar surface area (TPSA) is 80.6 Å². The number of nitriles is 1. The molecule has 0 saturated carbocycles. The molecule has 6 heteroatoms. The Morgan fingerprint density at radius 3 is 2.43 bits per heavy atom. The Kier molecular flexibility index (Phi) is 9.26. The third-order valence-electron chi connectivity index (χ3n) is 4.47. The number of hydrogen-bond donors (Lipinski definition) is 1. The van der Waals surface area contributed by atoms with Gasteiger partial charge in [-0.15, -0.1) is 0 Å². The lowest BCUT2D eigenvalue weighted by atomic mass is 10.1. The SMILES string of the molecule is CCCCCCOc1ccc(/C=C(\C#N)C(=O)Nc2ccc(OC)cc2)cc1OC. The van der Waals surface area contributed by atoms with Gasteiger partial charge in [0.2, 0.25) is 0 Å². The summed E-state index contributed by atoms with van der Waals surface area (Å²) in [6, 6.07) is 14.2. The molecule has 6 nitrogen and oxygen atoms in total. The zero-order chi connectivity index (χ0) is 21.8. The van der Waals surface area contributed by atoms with Crippen LogP contribution in [0.5, 0.6) is 17.2 Å². The number of anilines is 1. The van der Waals surface area contributed by atoms with Crippen LogP contribution in [0.2, 0.25) is 0 Å². The molecule has 0 aliphatic heterocycles. The maximum absolute atomic E-state index is 12.5. The molecule has 158 valence electrons. The van der Waals surface area contributed by atoms with Gasteiger partial charge in [-0.3, -0.25) is 4.79 Å². The number of rotatable bonds is 11. The quantitative estimate of drug-likeness (QED) is 0.314. The first kappa shape index (κ1) is 22.8. The zero-order valence-electron chi connectivity index (χ0n) is 17.7. The largest absolute Gasteiger partial charge is 0.497 e. The van der Waals surface area contributed by atoms with Crippen LogP contribution in [0, 0.1) is 11.3 Å². The fraction of sp³-hybridized carbons (Fsp3) is 0.333. The monoisotopic (exact) mass is 408 g/mol. The van der Waals surface area contributed by atoms with Gasteiger partial charge in [-0.1, -0.05) is 32.3 Å². The Morgan fingerprint density at radius 1 is 1.03 bits per heavy atom. The normalized spacial score (nSPS) is 10.8. The number of nitrogens with zero attached hydrogens (tertiary/aromatic N) is 1. The third-order valence-corrected chi connectivity index (χ3v) is 4.47. The predicted octanol–water partition coefficient (Wildman–Crippen LogP) is 5.21. The highest BCUT2D eigenvalue weighted by Gasteiger charge is 2.11. The van der Waals surface area contributed by atoms with Crippen molar-refractivity contribution in [1.29, 1.82) is 5.26 Å². The van der Waals surface area contributed by atoms with Crippen molar-refractivity contribution < 1.29 is 19.0 Å². The molecule has 2 rings (SSSR count). The van der Waals surface area contributed by atoms with Gasteiger partial charge in [0.05, 0.1) is 20.8 Å². The van der Waals surface area contributed by atoms with Crippen LogP contribution in [-0.2, 0) is 4.79 Å². The Bertz CT molecular complexity index is 898. The molecule has 0 fully saturated rings. The van der Waals surface area contributed by atoms with Gasteiger partial charge in [-0.2, -0.15) is 5.26 Å². The fourth-order valence-corrected chi connectivity index (χ4v) is 2.79. The number of methoxy groups -OCH3 is 2. The minimum atomic E-state index is -0.488. The molecular formula is C24H28N2O4. The highest BCUT2D eigenvalue weighted by Crippen LogP contribution is 2.29. The summed E-state index contributed by atoms with van der Waals surface area (Å²) in [7, 11) is 3.13. The number of amides is 1.